The van der Waals surface area contributed by atoms with Crippen LogP contribution in [0.1, 0.15) is 10.5 Å². The molecule has 21 heavy (non-hydrogen) atoms. The average Bonchev–Trinajstić information content (AvgIpc) is 2.97. The number of primary amides is 1. The van der Waals surface area contributed by atoms with Gasteiger partial charge in [-0.3, -0.25) is 4.79 Å². The van der Waals surface area contributed by atoms with Gasteiger partial charge in [-0.15, -0.1) is 0 Å². The van der Waals surface area contributed by atoms with E-state index in [1.807, 2.05) is 24.3 Å². The molecule has 0 bridgehead atoms. The Morgan fingerprint density at radius 3 is 2.67 bits per heavy atom. The van der Waals surface area contributed by atoms with Crippen LogP contribution in [0.3, 0.4) is 0 Å². The van der Waals surface area contributed by atoms with Crippen molar-refractivity contribution < 1.29 is 4.79 Å². The van der Waals surface area contributed by atoms with E-state index in [4.69, 9.17) is 11.5 Å². The van der Waals surface area contributed by atoms with Crippen molar-refractivity contribution in [3.63, 3.8) is 0 Å². The van der Waals surface area contributed by atoms with E-state index in [-0.39, 0.29) is 11.5 Å². The number of para-hydroxylation sites is 1. The fourth-order valence-electron chi connectivity index (χ4n) is 2.01. The summed E-state index contributed by atoms with van der Waals surface area (Å²) in [6.45, 7) is 0. The molecule has 0 aliphatic heterocycles. The Bertz CT molecular complexity index is 810. The molecule has 0 radical (unpaired) electrons. The second-order valence-corrected chi connectivity index (χ2v) is 4.35. The summed E-state index contributed by atoms with van der Waals surface area (Å²) in [6, 6.07) is 7.45. The van der Waals surface area contributed by atoms with Gasteiger partial charge in [0.05, 0.1) is 6.20 Å². The van der Waals surface area contributed by atoms with Crippen LogP contribution >= 0.6 is 0 Å². The monoisotopic (exact) mass is 280 g/mol. The van der Waals surface area contributed by atoms with Crippen molar-refractivity contribution in [2.45, 2.75) is 0 Å². The maximum Gasteiger partial charge on any atom is 0.271 e. The van der Waals surface area contributed by atoms with E-state index in [9.17, 15) is 4.79 Å². The molecule has 1 aromatic carbocycles. The van der Waals surface area contributed by atoms with E-state index in [0.717, 1.165) is 11.1 Å². The lowest BCUT2D eigenvalue weighted by Gasteiger charge is -2.04. The van der Waals surface area contributed by atoms with Gasteiger partial charge in [0.1, 0.15) is 0 Å². The van der Waals surface area contributed by atoms with Crippen molar-refractivity contribution in [2.75, 3.05) is 5.73 Å². The Kier molecular flexibility index (Phi) is 3.07. The van der Waals surface area contributed by atoms with Crippen molar-refractivity contribution in [1.29, 1.82) is 0 Å². The highest BCUT2D eigenvalue weighted by molar-refractivity contribution is 5.93. The number of carbonyl (C=O) groups excluding carboxylic acids is 1. The van der Waals surface area contributed by atoms with Crippen LogP contribution in [0.2, 0.25) is 0 Å². The first-order valence-electron chi connectivity index (χ1n) is 6.17. The number of carbonyl (C=O) groups is 1. The Morgan fingerprint density at radius 2 is 1.90 bits per heavy atom. The first-order valence-corrected chi connectivity index (χ1v) is 6.17. The zero-order valence-corrected chi connectivity index (χ0v) is 11.0. The van der Waals surface area contributed by atoms with Crippen LogP contribution in [-0.4, -0.2) is 25.7 Å². The summed E-state index contributed by atoms with van der Waals surface area (Å²) in [7, 11) is 0. The fourth-order valence-corrected chi connectivity index (χ4v) is 2.01. The van der Waals surface area contributed by atoms with Crippen molar-refractivity contribution in [3.05, 3.63) is 54.7 Å². The molecule has 0 fully saturated rings. The van der Waals surface area contributed by atoms with Gasteiger partial charge in [-0.2, -0.15) is 5.10 Å². The molecule has 3 rings (SSSR count). The van der Waals surface area contributed by atoms with Crippen molar-refractivity contribution >= 4 is 11.6 Å². The highest BCUT2D eigenvalue weighted by atomic mass is 16.1. The molecular weight excluding hydrogens is 268 g/mol. The SMILES string of the molecule is NC(=O)c1nccnc1-n1cc(-c2ccccc2N)cn1. The quantitative estimate of drug-likeness (QED) is 0.695. The van der Waals surface area contributed by atoms with Gasteiger partial charge in [-0.25, -0.2) is 14.6 Å². The van der Waals surface area contributed by atoms with Crippen LogP contribution in [0.25, 0.3) is 16.9 Å². The molecule has 0 aliphatic carbocycles. The van der Waals surface area contributed by atoms with E-state index in [1.54, 1.807) is 12.4 Å². The molecule has 3 aromatic rings. The second kappa shape index (κ2) is 5.04. The fraction of sp³-hybridized carbons (Fsp3) is 0. The van der Waals surface area contributed by atoms with Gasteiger partial charge in [0, 0.05) is 35.4 Å². The van der Waals surface area contributed by atoms with E-state index in [0.29, 0.717) is 5.69 Å². The smallest absolute Gasteiger partial charge is 0.271 e. The summed E-state index contributed by atoms with van der Waals surface area (Å²) < 4.78 is 1.45. The summed E-state index contributed by atoms with van der Waals surface area (Å²) in [5.74, 6) is -0.375. The second-order valence-electron chi connectivity index (χ2n) is 4.35. The Labute approximate surface area is 120 Å². The third-order valence-corrected chi connectivity index (χ3v) is 2.98. The lowest BCUT2D eigenvalue weighted by Crippen LogP contribution is -2.17. The van der Waals surface area contributed by atoms with Gasteiger partial charge < -0.3 is 11.5 Å². The standard InChI is InChI=1S/C14H12N6O/c15-11-4-2-1-3-10(11)9-7-19-20(8-9)14-12(13(16)21)17-5-6-18-14/h1-8H,15H2,(H2,16,21). The molecule has 7 nitrogen and oxygen atoms in total. The minimum Gasteiger partial charge on any atom is -0.398 e. The number of nitrogens with two attached hydrogens (primary N) is 2. The minimum absolute atomic E-state index is 0.0631. The number of nitrogen functional groups attached to an aromatic ring is 1. The number of aromatic nitrogens is 4. The van der Waals surface area contributed by atoms with Gasteiger partial charge in [0.2, 0.25) is 0 Å². The van der Waals surface area contributed by atoms with Gasteiger partial charge in [0.15, 0.2) is 11.5 Å². The molecule has 4 N–H and O–H groups in total. The van der Waals surface area contributed by atoms with E-state index < -0.39 is 5.91 Å². The van der Waals surface area contributed by atoms with Crippen molar-refractivity contribution in [2.24, 2.45) is 5.73 Å². The first-order chi connectivity index (χ1) is 10.2. The number of rotatable bonds is 3. The maximum absolute atomic E-state index is 11.4. The average molecular weight is 280 g/mol. The summed E-state index contributed by atoms with van der Waals surface area (Å²) in [5.41, 5.74) is 13.6. The minimum atomic E-state index is -0.658. The molecule has 1 amide bonds. The molecule has 7 heteroatoms. The largest absolute Gasteiger partial charge is 0.398 e. The van der Waals surface area contributed by atoms with Crippen LogP contribution in [0.15, 0.2) is 49.1 Å². The predicted octanol–water partition coefficient (Wildman–Crippen LogP) is 1.01. The van der Waals surface area contributed by atoms with Crippen LogP contribution in [-0.2, 0) is 0 Å². The van der Waals surface area contributed by atoms with E-state index in [1.165, 1.54) is 17.1 Å². The summed E-state index contributed by atoms with van der Waals surface area (Å²) in [5, 5.41) is 4.20. The van der Waals surface area contributed by atoms with Crippen LogP contribution in [0.4, 0.5) is 5.69 Å². The van der Waals surface area contributed by atoms with Gasteiger partial charge in [-0.1, -0.05) is 18.2 Å². The van der Waals surface area contributed by atoms with Crippen LogP contribution in [0, 0.1) is 0 Å². The Morgan fingerprint density at radius 1 is 1.14 bits per heavy atom. The zero-order valence-electron chi connectivity index (χ0n) is 11.0. The molecule has 2 heterocycles. The van der Waals surface area contributed by atoms with Crippen LogP contribution < -0.4 is 11.5 Å². The lowest BCUT2D eigenvalue weighted by molar-refractivity contribution is 0.0995. The third kappa shape index (κ3) is 2.32. The Hall–Kier alpha value is -3.22. The number of nitrogens with zero attached hydrogens (tertiary/aromatic N) is 4. The molecule has 104 valence electrons. The normalized spacial score (nSPS) is 10.5. The van der Waals surface area contributed by atoms with Crippen LogP contribution in [0.5, 0.6) is 0 Å². The predicted molar refractivity (Wildman–Crippen MR) is 77.5 cm³/mol. The first kappa shape index (κ1) is 12.8. The molecule has 0 saturated heterocycles. The molecule has 0 unspecified atom stereocenters. The molecule has 0 saturated carbocycles. The molecule has 0 aliphatic rings. The summed E-state index contributed by atoms with van der Waals surface area (Å²) in [4.78, 5) is 19.4. The number of hydrogen-bond donors (Lipinski definition) is 2. The van der Waals surface area contributed by atoms with Gasteiger partial charge in [-0.05, 0) is 6.07 Å². The topological polar surface area (TPSA) is 113 Å². The molecular formula is C14H12N6O. The molecule has 0 spiro atoms. The zero-order chi connectivity index (χ0) is 14.8. The number of benzene rings is 1. The van der Waals surface area contributed by atoms with Gasteiger partial charge in [0.25, 0.3) is 5.91 Å². The van der Waals surface area contributed by atoms with E-state index in [2.05, 4.69) is 15.1 Å². The summed E-state index contributed by atoms with van der Waals surface area (Å²) >= 11 is 0. The number of anilines is 1. The van der Waals surface area contributed by atoms with Gasteiger partial charge >= 0.3 is 0 Å². The lowest BCUT2D eigenvalue weighted by atomic mass is 10.1. The highest BCUT2D eigenvalue weighted by Crippen LogP contribution is 2.25. The summed E-state index contributed by atoms with van der Waals surface area (Å²) in [6.07, 6.45) is 6.25. The van der Waals surface area contributed by atoms with Crippen molar-refractivity contribution in [1.82, 2.24) is 19.7 Å². The molecule has 2 aromatic heterocycles. The highest BCUT2D eigenvalue weighted by Gasteiger charge is 2.14. The molecule has 0 atom stereocenters. The third-order valence-electron chi connectivity index (χ3n) is 2.98. The Balaban J connectivity index is 2.08. The van der Waals surface area contributed by atoms with Crippen molar-refractivity contribution in [3.8, 4) is 16.9 Å². The maximum atomic E-state index is 11.4. The van der Waals surface area contributed by atoms with E-state index >= 15 is 0 Å². The number of amides is 1. The number of hydrogen-bond acceptors (Lipinski definition) is 5.